The lowest BCUT2D eigenvalue weighted by Crippen LogP contribution is -2.44. The first kappa shape index (κ1) is 19.8. The Balaban J connectivity index is 1.42. The summed E-state index contributed by atoms with van der Waals surface area (Å²) in [4.78, 5) is 31.3. The molecule has 3 heterocycles. The average Bonchev–Trinajstić information content (AvgIpc) is 3.09. The van der Waals surface area contributed by atoms with Gasteiger partial charge in [0.15, 0.2) is 12.4 Å². The predicted octanol–water partition coefficient (Wildman–Crippen LogP) is 3.41. The summed E-state index contributed by atoms with van der Waals surface area (Å²) in [5.74, 6) is -0.184. The molecule has 154 valence electrons. The van der Waals surface area contributed by atoms with E-state index < -0.39 is 5.97 Å². The molecule has 1 amide bonds. The standard InChI is InChI=1S/C23H24N4O3/c1-15-12-17(3)27(25-15)21-11-10-19(13-24-21)23(29)30-14-22(28)26-16(2)8-9-18-6-4-5-7-20(18)26/h4-7,10-13,16H,8-9,14H2,1-3H3. The number of esters is 1. The van der Waals surface area contributed by atoms with Crippen molar-refractivity contribution in [2.75, 3.05) is 11.5 Å². The number of pyridine rings is 1. The number of hydrogen-bond donors (Lipinski definition) is 0. The fourth-order valence-corrected chi connectivity index (χ4v) is 3.84. The molecule has 1 atom stereocenters. The predicted molar refractivity (Wildman–Crippen MR) is 113 cm³/mol. The Hall–Kier alpha value is -3.48. The van der Waals surface area contributed by atoms with Crippen molar-refractivity contribution in [3.63, 3.8) is 0 Å². The summed E-state index contributed by atoms with van der Waals surface area (Å²) in [6, 6.07) is 13.2. The van der Waals surface area contributed by atoms with Crippen LogP contribution in [-0.4, -0.2) is 39.3 Å². The van der Waals surface area contributed by atoms with Crippen molar-refractivity contribution < 1.29 is 14.3 Å². The van der Waals surface area contributed by atoms with Crippen LogP contribution in [0.3, 0.4) is 0 Å². The van der Waals surface area contributed by atoms with Gasteiger partial charge in [0.25, 0.3) is 5.91 Å². The average molecular weight is 404 g/mol. The van der Waals surface area contributed by atoms with E-state index in [-0.39, 0.29) is 18.6 Å². The van der Waals surface area contributed by atoms with Gasteiger partial charge in [0, 0.05) is 23.6 Å². The van der Waals surface area contributed by atoms with Gasteiger partial charge >= 0.3 is 5.97 Å². The topological polar surface area (TPSA) is 77.3 Å². The van der Waals surface area contributed by atoms with Crippen molar-refractivity contribution in [2.24, 2.45) is 0 Å². The zero-order valence-corrected chi connectivity index (χ0v) is 17.3. The minimum atomic E-state index is -0.575. The Bertz CT molecular complexity index is 1090. The molecule has 0 saturated carbocycles. The number of ether oxygens (including phenoxy) is 1. The third-order valence-electron chi connectivity index (χ3n) is 5.33. The molecule has 4 rings (SSSR count). The minimum Gasteiger partial charge on any atom is -0.452 e. The van der Waals surface area contributed by atoms with Gasteiger partial charge < -0.3 is 9.64 Å². The van der Waals surface area contributed by atoms with E-state index in [0.717, 1.165) is 35.5 Å². The summed E-state index contributed by atoms with van der Waals surface area (Å²) in [5, 5.41) is 4.38. The van der Waals surface area contributed by atoms with E-state index >= 15 is 0 Å². The van der Waals surface area contributed by atoms with Crippen LogP contribution >= 0.6 is 0 Å². The minimum absolute atomic E-state index is 0.0628. The molecule has 7 nitrogen and oxygen atoms in total. The molecule has 0 fully saturated rings. The van der Waals surface area contributed by atoms with Gasteiger partial charge in [-0.3, -0.25) is 4.79 Å². The van der Waals surface area contributed by atoms with Crippen LogP contribution in [0.4, 0.5) is 5.69 Å². The molecule has 30 heavy (non-hydrogen) atoms. The lowest BCUT2D eigenvalue weighted by Gasteiger charge is -2.35. The number of carbonyl (C=O) groups is 2. The number of aryl methyl sites for hydroxylation is 3. The van der Waals surface area contributed by atoms with Crippen LogP contribution in [0.25, 0.3) is 5.82 Å². The van der Waals surface area contributed by atoms with Gasteiger partial charge in [0.2, 0.25) is 0 Å². The molecule has 0 radical (unpaired) electrons. The van der Waals surface area contributed by atoms with Crippen LogP contribution in [0.5, 0.6) is 0 Å². The largest absolute Gasteiger partial charge is 0.452 e. The quantitative estimate of drug-likeness (QED) is 0.623. The molecule has 1 aromatic carbocycles. The van der Waals surface area contributed by atoms with Crippen molar-refractivity contribution >= 4 is 17.6 Å². The number of rotatable bonds is 4. The fourth-order valence-electron chi connectivity index (χ4n) is 3.84. The maximum Gasteiger partial charge on any atom is 0.340 e. The zero-order chi connectivity index (χ0) is 21.3. The molecule has 1 aliphatic rings. The number of aromatic nitrogens is 3. The highest BCUT2D eigenvalue weighted by Gasteiger charge is 2.28. The Morgan fingerprint density at radius 2 is 1.97 bits per heavy atom. The first-order chi connectivity index (χ1) is 14.4. The normalized spacial score (nSPS) is 15.6. The molecule has 1 unspecified atom stereocenters. The van der Waals surface area contributed by atoms with E-state index in [1.54, 1.807) is 21.7 Å². The van der Waals surface area contributed by atoms with Crippen molar-refractivity contribution in [3.05, 3.63) is 71.2 Å². The van der Waals surface area contributed by atoms with Gasteiger partial charge in [-0.15, -0.1) is 0 Å². The van der Waals surface area contributed by atoms with Crippen molar-refractivity contribution in [1.82, 2.24) is 14.8 Å². The lowest BCUT2D eigenvalue weighted by molar-refractivity contribution is -0.122. The van der Waals surface area contributed by atoms with Gasteiger partial charge in [-0.05, 0) is 63.4 Å². The maximum atomic E-state index is 12.8. The summed E-state index contributed by atoms with van der Waals surface area (Å²) >= 11 is 0. The number of para-hydroxylation sites is 1. The van der Waals surface area contributed by atoms with E-state index in [9.17, 15) is 9.59 Å². The molecule has 0 aliphatic carbocycles. The molecule has 0 saturated heterocycles. The summed E-state index contributed by atoms with van der Waals surface area (Å²) in [7, 11) is 0. The first-order valence-electron chi connectivity index (χ1n) is 10.0. The van der Waals surface area contributed by atoms with Crippen LogP contribution in [0.1, 0.15) is 40.7 Å². The highest BCUT2D eigenvalue weighted by Crippen LogP contribution is 2.30. The van der Waals surface area contributed by atoms with Crippen molar-refractivity contribution in [2.45, 2.75) is 39.7 Å². The molecule has 2 aromatic heterocycles. The summed E-state index contributed by atoms with van der Waals surface area (Å²) in [5.41, 5.74) is 4.18. The number of hydrogen-bond acceptors (Lipinski definition) is 5. The summed E-state index contributed by atoms with van der Waals surface area (Å²) in [6.07, 6.45) is 3.26. The van der Waals surface area contributed by atoms with Gasteiger partial charge in [0.05, 0.1) is 11.3 Å². The molecule has 0 N–H and O–H groups in total. The van der Waals surface area contributed by atoms with Crippen LogP contribution in [-0.2, 0) is 16.0 Å². The Labute approximate surface area is 175 Å². The van der Waals surface area contributed by atoms with Gasteiger partial charge in [-0.25, -0.2) is 14.5 Å². The van der Waals surface area contributed by atoms with E-state index in [1.165, 1.54) is 6.20 Å². The molecule has 7 heteroatoms. The number of amides is 1. The monoisotopic (exact) mass is 404 g/mol. The number of benzene rings is 1. The van der Waals surface area contributed by atoms with E-state index in [1.807, 2.05) is 51.1 Å². The van der Waals surface area contributed by atoms with Crippen LogP contribution in [0, 0.1) is 13.8 Å². The number of anilines is 1. The second-order valence-corrected chi connectivity index (χ2v) is 7.60. The van der Waals surface area contributed by atoms with Gasteiger partial charge in [-0.1, -0.05) is 18.2 Å². The van der Waals surface area contributed by atoms with E-state index in [0.29, 0.717) is 11.4 Å². The lowest BCUT2D eigenvalue weighted by atomic mass is 9.96. The summed E-state index contributed by atoms with van der Waals surface area (Å²) in [6.45, 7) is 5.55. The third kappa shape index (κ3) is 3.83. The van der Waals surface area contributed by atoms with E-state index in [2.05, 4.69) is 10.1 Å². The molecular formula is C23H24N4O3. The van der Waals surface area contributed by atoms with Crippen LogP contribution in [0.2, 0.25) is 0 Å². The second kappa shape index (κ2) is 8.10. The highest BCUT2D eigenvalue weighted by molar-refractivity contribution is 5.98. The Morgan fingerprint density at radius 3 is 2.67 bits per heavy atom. The number of nitrogens with zero attached hydrogens (tertiary/aromatic N) is 4. The SMILES string of the molecule is Cc1cc(C)n(-c2ccc(C(=O)OCC(=O)N3c4ccccc4CCC3C)cn2)n1. The van der Waals surface area contributed by atoms with Gasteiger partial charge in [0.1, 0.15) is 0 Å². The molecule has 0 bridgehead atoms. The molecule has 1 aliphatic heterocycles. The Morgan fingerprint density at radius 1 is 1.17 bits per heavy atom. The zero-order valence-electron chi connectivity index (χ0n) is 17.3. The van der Waals surface area contributed by atoms with Crippen LogP contribution in [0.15, 0.2) is 48.7 Å². The highest BCUT2D eigenvalue weighted by atomic mass is 16.5. The number of carbonyl (C=O) groups excluding carboxylic acids is 2. The fraction of sp³-hybridized carbons (Fsp3) is 0.304. The molecular weight excluding hydrogens is 380 g/mol. The smallest absolute Gasteiger partial charge is 0.340 e. The third-order valence-corrected chi connectivity index (χ3v) is 5.33. The molecule has 3 aromatic rings. The maximum absolute atomic E-state index is 12.8. The number of fused-ring (bicyclic) bond motifs is 1. The first-order valence-corrected chi connectivity index (χ1v) is 10.0. The summed E-state index contributed by atoms with van der Waals surface area (Å²) < 4.78 is 7.00. The second-order valence-electron chi connectivity index (χ2n) is 7.60. The van der Waals surface area contributed by atoms with Gasteiger partial charge in [-0.2, -0.15) is 5.10 Å². The van der Waals surface area contributed by atoms with E-state index in [4.69, 9.17) is 4.74 Å². The van der Waals surface area contributed by atoms with Crippen LogP contribution < -0.4 is 4.90 Å². The van der Waals surface area contributed by atoms with Crippen molar-refractivity contribution in [3.8, 4) is 5.82 Å². The molecule has 0 spiro atoms. The Kier molecular flexibility index (Phi) is 5.35. The van der Waals surface area contributed by atoms with Crippen molar-refractivity contribution in [1.29, 1.82) is 0 Å².